The summed E-state index contributed by atoms with van der Waals surface area (Å²) in [6.45, 7) is 0. The summed E-state index contributed by atoms with van der Waals surface area (Å²) in [6, 6.07) is 4.59. The first-order valence-electron chi connectivity index (χ1n) is 3.23. The fraction of sp³-hybridized carbons (Fsp3) is 0.125. The lowest BCUT2D eigenvalue weighted by Gasteiger charge is -2.01. The minimum Gasteiger partial charge on any atom is -0.506 e. The Hall–Kier alpha value is -0.540. The van der Waals surface area contributed by atoms with Crippen LogP contribution in [0, 0.1) is 0 Å². The first-order chi connectivity index (χ1) is 5.66. The first-order valence-corrected chi connectivity index (χ1v) is 4.73. The predicted molar refractivity (Wildman–Crippen MR) is 51.2 cm³/mol. The third-order valence-electron chi connectivity index (χ3n) is 1.40. The number of phenols is 1. The molecule has 0 saturated heterocycles. The van der Waals surface area contributed by atoms with E-state index in [2.05, 4.69) is 15.9 Å². The molecule has 64 valence electrons. The van der Waals surface area contributed by atoms with E-state index < -0.39 is 0 Å². The van der Waals surface area contributed by atoms with E-state index in [0.29, 0.717) is 5.56 Å². The van der Waals surface area contributed by atoms with Crippen molar-refractivity contribution in [1.29, 1.82) is 0 Å². The zero-order valence-electron chi connectivity index (χ0n) is 6.05. The Morgan fingerprint density at radius 2 is 2.25 bits per heavy atom. The number of rotatable bonds is 2. The van der Waals surface area contributed by atoms with Gasteiger partial charge in [-0.1, -0.05) is 33.6 Å². The van der Waals surface area contributed by atoms with Crippen LogP contribution >= 0.6 is 27.5 Å². The maximum Gasteiger partial charge on any atom is 0.175 e. The molecular weight excluding hydrogens is 243 g/mol. The lowest BCUT2D eigenvalue weighted by molar-refractivity contribution is 0.102. The Labute approximate surface area is 83.3 Å². The van der Waals surface area contributed by atoms with Crippen LogP contribution in [0.3, 0.4) is 0 Å². The smallest absolute Gasteiger partial charge is 0.175 e. The van der Waals surface area contributed by atoms with Crippen LogP contribution in [0.2, 0.25) is 5.02 Å². The summed E-state index contributed by atoms with van der Waals surface area (Å²) < 4.78 is 0. The third-order valence-corrected chi connectivity index (χ3v) is 2.31. The molecule has 0 heterocycles. The van der Waals surface area contributed by atoms with Crippen LogP contribution in [0.4, 0.5) is 0 Å². The number of halogens is 2. The zero-order chi connectivity index (χ0) is 9.14. The Balaban J connectivity index is 3.16. The zero-order valence-corrected chi connectivity index (χ0v) is 8.39. The van der Waals surface area contributed by atoms with E-state index in [-0.39, 0.29) is 21.9 Å². The molecule has 4 heteroatoms. The number of carbonyl (C=O) groups is 1. The SMILES string of the molecule is O=C(CBr)c1cccc(O)c1Cl. The second-order valence-electron chi connectivity index (χ2n) is 2.20. The summed E-state index contributed by atoms with van der Waals surface area (Å²) in [4.78, 5) is 11.1. The van der Waals surface area contributed by atoms with Gasteiger partial charge in [-0.2, -0.15) is 0 Å². The van der Waals surface area contributed by atoms with Crippen molar-refractivity contribution in [2.75, 3.05) is 5.33 Å². The van der Waals surface area contributed by atoms with E-state index in [0.717, 1.165) is 0 Å². The number of hydrogen-bond donors (Lipinski definition) is 1. The lowest BCUT2D eigenvalue weighted by atomic mass is 10.1. The van der Waals surface area contributed by atoms with Crippen LogP contribution in [0.1, 0.15) is 10.4 Å². The van der Waals surface area contributed by atoms with E-state index in [9.17, 15) is 4.79 Å². The summed E-state index contributed by atoms with van der Waals surface area (Å²) in [5.41, 5.74) is 0.341. The molecule has 1 aromatic rings. The lowest BCUT2D eigenvalue weighted by Crippen LogP contribution is -2.00. The van der Waals surface area contributed by atoms with Gasteiger partial charge < -0.3 is 5.11 Å². The van der Waals surface area contributed by atoms with Crippen LogP contribution in [0.15, 0.2) is 18.2 Å². The fourth-order valence-corrected chi connectivity index (χ4v) is 1.34. The molecule has 0 amide bonds. The van der Waals surface area contributed by atoms with E-state index in [4.69, 9.17) is 16.7 Å². The number of phenolic OH excluding ortho intramolecular Hbond substituents is 1. The van der Waals surface area contributed by atoms with Gasteiger partial charge in [-0.05, 0) is 12.1 Å². The van der Waals surface area contributed by atoms with Gasteiger partial charge in [-0.25, -0.2) is 0 Å². The molecule has 0 atom stereocenters. The molecule has 1 rings (SSSR count). The van der Waals surface area contributed by atoms with Crippen molar-refractivity contribution in [3.63, 3.8) is 0 Å². The summed E-state index contributed by atoms with van der Waals surface area (Å²) in [5.74, 6) is -0.209. The minimum absolute atomic E-state index is 0.0662. The van der Waals surface area contributed by atoms with Crippen LogP contribution in [-0.2, 0) is 0 Å². The molecule has 0 saturated carbocycles. The van der Waals surface area contributed by atoms with Gasteiger partial charge in [-0.3, -0.25) is 4.79 Å². The molecule has 0 spiro atoms. The number of ketones is 1. The highest BCUT2D eigenvalue weighted by molar-refractivity contribution is 9.09. The highest BCUT2D eigenvalue weighted by Gasteiger charge is 2.10. The molecule has 1 N–H and O–H groups in total. The second kappa shape index (κ2) is 3.92. The van der Waals surface area contributed by atoms with Crippen LogP contribution in [0.5, 0.6) is 5.75 Å². The van der Waals surface area contributed by atoms with Gasteiger partial charge in [0.2, 0.25) is 0 Å². The summed E-state index contributed by atoms with van der Waals surface area (Å²) >= 11 is 8.70. The van der Waals surface area contributed by atoms with Gasteiger partial charge in [0.05, 0.1) is 10.4 Å². The van der Waals surface area contributed by atoms with Gasteiger partial charge >= 0.3 is 0 Å². The fourth-order valence-electron chi connectivity index (χ4n) is 0.807. The van der Waals surface area contributed by atoms with E-state index in [1.165, 1.54) is 6.07 Å². The molecule has 12 heavy (non-hydrogen) atoms. The monoisotopic (exact) mass is 248 g/mol. The maximum atomic E-state index is 11.1. The molecule has 0 radical (unpaired) electrons. The number of hydrogen-bond acceptors (Lipinski definition) is 2. The van der Waals surface area contributed by atoms with Crippen molar-refractivity contribution in [3.8, 4) is 5.75 Å². The Morgan fingerprint density at radius 3 is 2.83 bits per heavy atom. The molecule has 0 aromatic heterocycles. The highest BCUT2D eigenvalue weighted by atomic mass is 79.9. The van der Waals surface area contributed by atoms with Crippen molar-refractivity contribution in [2.45, 2.75) is 0 Å². The Bertz CT molecular complexity index is 312. The summed E-state index contributed by atoms with van der Waals surface area (Å²) in [5, 5.41) is 9.46. The minimum atomic E-state index is -0.143. The Kier molecular flexibility index (Phi) is 3.12. The van der Waals surface area contributed by atoms with Crippen molar-refractivity contribution < 1.29 is 9.90 Å². The summed E-state index contributed by atoms with van der Waals surface area (Å²) in [7, 11) is 0. The van der Waals surface area contributed by atoms with Crippen molar-refractivity contribution in [3.05, 3.63) is 28.8 Å². The maximum absolute atomic E-state index is 11.1. The quantitative estimate of drug-likeness (QED) is 0.646. The van der Waals surface area contributed by atoms with Gasteiger partial charge in [0, 0.05) is 5.56 Å². The standard InChI is InChI=1S/C8H6BrClO2/c9-4-7(12)5-2-1-3-6(11)8(5)10/h1-3,11H,4H2. The molecule has 0 bridgehead atoms. The highest BCUT2D eigenvalue weighted by Crippen LogP contribution is 2.26. The number of Topliss-reactive ketones (excluding diaryl/α,β-unsaturated/α-hetero) is 1. The van der Waals surface area contributed by atoms with Crippen molar-refractivity contribution >= 4 is 33.3 Å². The van der Waals surface area contributed by atoms with Gasteiger partial charge in [0.15, 0.2) is 5.78 Å². The largest absolute Gasteiger partial charge is 0.506 e. The van der Waals surface area contributed by atoms with E-state index >= 15 is 0 Å². The molecular formula is C8H6BrClO2. The normalized spacial score (nSPS) is 9.83. The molecule has 1 aromatic carbocycles. The molecule has 0 fully saturated rings. The van der Waals surface area contributed by atoms with E-state index in [1.54, 1.807) is 12.1 Å². The van der Waals surface area contributed by atoms with E-state index in [1.807, 2.05) is 0 Å². The third kappa shape index (κ3) is 1.79. The molecule has 0 unspecified atom stereocenters. The van der Waals surface area contributed by atoms with Crippen LogP contribution in [-0.4, -0.2) is 16.2 Å². The van der Waals surface area contributed by atoms with Crippen LogP contribution in [0.25, 0.3) is 0 Å². The molecule has 0 aliphatic rings. The number of aromatic hydroxyl groups is 1. The topological polar surface area (TPSA) is 37.3 Å². The first kappa shape index (κ1) is 9.55. The van der Waals surface area contributed by atoms with Gasteiger partial charge in [-0.15, -0.1) is 0 Å². The molecule has 0 aliphatic heterocycles. The average molecular weight is 249 g/mol. The van der Waals surface area contributed by atoms with Crippen molar-refractivity contribution in [2.24, 2.45) is 0 Å². The average Bonchev–Trinajstić information content (AvgIpc) is 2.08. The Morgan fingerprint density at radius 1 is 1.58 bits per heavy atom. The molecule has 2 nitrogen and oxygen atoms in total. The number of carbonyl (C=O) groups excluding carboxylic acids is 1. The van der Waals surface area contributed by atoms with Gasteiger partial charge in [0.25, 0.3) is 0 Å². The predicted octanol–water partition coefficient (Wildman–Crippen LogP) is 2.62. The van der Waals surface area contributed by atoms with Crippen LogP contribution < -0.4 is 0 Å². The summed E-state index contributed by atoms with van der Waals surface area (Å²) in [6.07, 6.45) is 0. The number of benzene rings is 1. The second-order valence-corrected chi connectivity index (χ2v) is 3.13. The van der Waals surface area contributed by atoms with Gasteiger partial charge in [0.1, 0.15) is 5.75 Å². The number of alkyl halides is 1. The van der Waals surface area contributed by atoms with Crippen molar-refractivity contribution in [1.82, 2.24) is 0 Å². The molecule has 0 aliphatic carbocycles.